The van der Waals surface area contributed by atoms with E-state index in [0.29, 0.717) is 11.5 Å². The predicted molar refractivity (Wildman–Crippen MR) is 108 cm³/mol. The third-order valence-corrected chi connectivity index (χ3v) is 5.23. The Morgan fingerprint density at radius 3 is 2.68 bits per heavy atom. The van der Waals surface area contributed by atoms with E-state index in [2.05, 4.69) is 68.1 Å². The molecule has 7 nitrogen and oxygen atoms in total. The largest absolute Gasteiger partial charge is 0.352 e. The van der Waals surface area contributed by atoms with E-state index in [1.54, 1.807) is 12.4 Å². The number of benzene rings is 1. The molecule has 1 aliphatic rings. The van der Waals surface area contributed by atoms with Gasteiger partial charge in [-0.3, -0.25) is 10.00 Å². The fourth-order valence-electron chi connectivity index (χ4n) is 3.67. The Labute approximate surface area is 164 Å². The van der Waals surface area contributed by atoms with Crippen LogP contribution >= 0.6 is 0 Å². The summed E-state index contributed by atoms with van der Waals surface area (Å²) in [7, 11) is 0. The van der Waals surface area contributed by atoms with Crippen molar-refractivity contribution in [2.24, 2.45) is 0 Å². The van der Waals surface area contributed by atoms with Crippen LogP contribution in [0.4, 0.5) is 5.82 Å². The van der Waals surface area contributed by atoms with Gasteiger partial charge in [-0.15, -0.1) is 0 Å². The third-order valence-electron chi connectivity index (χ3n) is 5.23. The van der Waals surface area contributed by atoms with Crippen molar-refractivity contribution in [3.8, 4) is 17.3 Å². The summed E-state index contributed by atoms with van der Waals surface area (Å²) in [4.78, 5) is 13.0. The van der Waals surface area contributed by atoms with E-state index in [4.69, 9.17) is 0 Å². The number of aromatic nitrogens is 4. The molecule has 0 amide bonds. The number of hydrogen-bond acceptors (Lipinski definition) is 6. The van der Waals surface area contributed by atoms with Crippen LogP contribution in [0.25, 0.3) is 11.3 Å². The quantitative estimate of drug-likeness (QED) is 0.757. The molecule has 7 heteroatoms. The van der Waals surface area contributed by atoms with E-state index < -0.39 is 0 Å². The van der Waals surface area contributed by atoms with Crippen LogP contribution in [0.2, 0.25) is 0 Å². The zero-order chi connectivity index (χ0) is 19.5. The molecule has 0 atom stereocenters. The number of aryl methyl sites for hydroxylation is 2. The molecule has 2 aromatic heterocycles. The molecule has 3 aromatic rings. The third kappa shape index (κ3) is 3.59. The summed E-state index contributed by atoms with van der Waals surface area (Å²) < 4.78 is 0. The number of nitrogens with zero attached hydrogens (tertiary/aromatic N) is 6. The van der Waals surface area contributed by atoms with Crippen molar-refractivity contribution in [2.75, 3.05) is 31.1 Å². The van der Waals surface area contributed by atoms with E-state index in [-0.39, 0.29) is 0 Å². The molecule has 28 heavy (non-hydrogen) atoms. The standard InChI is InChI=1S/C21H23N7/c1-15-3-4-16(2)18(11-15)20-17(13-25-26-20)14-27-7-9-28(10-8-27)21-19(12-22)23-5-6-24-21/h3-6,11,13H,7-10,14H2,1-2H3,(H,25,26). The van der Waals surface area contributed by atoms with Gasteiger partial charge in [0.25, 0.3) is 0 Å². The van der Waals surface area contributed by atoms with Crippen LogP contribution in [0.15, 0.2) is 36.8 Å². The zero-order valence-electron chi connectivity index (χ0n) is 16.2. The normalized spacial score (nSPS) is 14.8. The SMILES string of the molecule is Cc1ccc(C)c(-c2[nH]ncc2CN2CCN(c3nccnc3C#N)CC2)c1. The van der Waals surface area contributed by atoms with Crippen LogP contribution in [0.1, 0.15) is 22.4 Å². The number of hydrogen-bond donors (Lipinski definition) is 1. The van der Waals surface area contributed by atoms with Crippen LogP contribution in [-0.2, 0) is 6.54 Å². The fourth-order valence-corrected chi connectivity index (χ4v) is 3.67. The summed E-state index contributed by atoms with van der Waals surface area (Å²) >= 11 is 0. The van der Waals surface area contributed by atoms with Gasteiger partial charge >= 0.3 is 0 Å². The summed E-state index contributed by atoms with van der Waals surface area (Å²) in [5.41, 5.74) is 6.40. The predicted octanol–water partition coefficient (Wildman–Crippen LogP) is 2.68. The molecule has 4 rings (SSSR count). The summed E-state index contributed by atoms with van der Waals surface area (Å²) in [6.07, 6.45) is 5.14. The first-order chi connectivity index (χ1) is 13.7. The Balaban J connectivity index is 1.46. The van der Waals surface area contributed by atoms with Crippen LogP contribution in [0.5, 0.6) is 0 Å². The molecule has 0 saturated carbocycles. The van der Waals surface area contributed by atoms with Crippen LogP contribution in [0.3, 0.4) is 0 Å². The molecule has 1 aliphatic heterocycles. The summed E-state index contributed by atoms with van der Waals surface area (Å²) in [6, 6.07) is 8.63. The maximum Gasteiger partial charge on any atom is 0.183 e. The van der Waals surface area contributed by atoms with Crippen LogP contribution < -0.4 is 4.90 Å². The van der Waals surface area contributed by atoms with Crippen molar-refractivity contribution in [2.45, 2.75) is 20.4 Å². The van der Waals surface area contributed by atoms with Gasteiger partial charge in [-0.2, -0.15) is 10.4 Å². The molecule has 0 spiro atoms. The fraction of sp³-hybridized carbons (Fsp3) is 0.333. The highest BCUT2D eigenvalue weighted by molar-refractivity contribution is 5.67. The maximum absolute atomic E-state index is 9.25. The van der Waals surface area contributed by atoms with Crippen molar-refractivity contribution in [3.05, 3.63) is 59.2 Å². The van der Waals surface area contributed by atoms with Gasteiger partial charge in [0.2, 0.25) is 0 Å². The number of anilines is 1. The van der Waals surface area contributed by atoms with Gasteiger partial charge in [0.15, 0.2) is 11.5 Å². The Morgan fingerprint density at radius 2 is 1.89 bits per heavy atom. The molecule has 1 aromatic carbocycles. The molecule has 0 bridgehead atoms. The van der Waals surface area contributed by atoms with E-state index >= 15 is 0 Å². The monoisotopic (exact) mass is 373 g/mol. The van der Waals surface area contributed by atoms with Crippen molar-refractivity contribution in [1.29, 1.82) is 5.26 Å². The Kier molecular flexibility index (Phi) is 5.04. The molecule has 3 heterocycles. The number of H-pyrrole nitrogens is 1. The van der Waals surface area contributed by atoms with Gasteiger partial charge < -0.3 is 4.90 Å². The first kappa shape index (κ1) is 18.1. The smallest absolute Gasteiger partial charge is 0.183 e. The zero-order valence-corrected chi connectivity index (χ0v) is 16.2. The van der Waals surface area contributed by atoms with Crippen molar-refractivity contribution in [1.82, 2.24) is 25.1 Å². The lowest BCUT2D eigenvalue weighted by molar-refractivity contribution is 0.249. The lowest BCUT2D eigenvalue weighted by Crippen LogP contribution is -2.46. The highest BCUT2D eigenvalue weighted by atomic mass is 15.3. The topological polar surface area (TPSA) is 84.7 Å². The summed E-state index contributed by atoms with van der Waals surface area (Å²) in [5.74, 6) is 0.684. The van der Waals surface area contributed by atoms with E-state index in [9.17, 15) is 5.26 Å². The Hall–Kier alpha value is -3.24. The second-order valence-corrected chi connectivity index (χ2v) is 7.19. The Bertz CT molecular complexity index is 1010. The van der Waals surface area contributed by atoms with Gasteiger partial charge in [-0.25, -0.2) is 9.97 Å². The van der Waals surface area contributed by atoms with E-state index in [1.807, 2.05) is 6.20 Å². The molecule has 0 aliphatic carbocycles. The van der Waals surface area contributed by atoms with E-state index in [1.165, 1.54) is 22.3 Å². The molecule has 0 radical (unpaired) electrons. The van der Waals surface area contributed by atoms with Gasteiger partial charge in [0.1, 0.15) is 6.07 Å². The molecule has 0 unspecified atom stereocenters. The molecule has 1 N–H and O–H groups in total. The lowest BCUT2D eigenvalue weighted by atomic mass is 10.00. The first-order valence-corrected chi connectivity index (χ1v) is 9.44. The van der Waals surface area contributed by atoms with Crippen LogP contribution in [-0.4, -0.2) is 51.2 Å². The average Bonchev–Trinajstić information content (AvgIpc) is 3.18. The molecule has 1 saturated heterocycles. The van der Waals surface area contributed by atoms with Gasteiger partial charge in [-0.1, -0.05) is 17.7 Å². The minimum Gasteiger partial charge on any atom is -0.352 e. The summed E-state index contributed by atoms with van der Waals surface area (Å²) in [6.45, 7) is 8.54. The maximum atomic E-state index is 9.25. The van der Waals surface area contributed by atoms with Gasteiger partial charge in [0, 0.05) is 56.2 Å². The highest BCUT2D eigenvalue weighted by Crippen LogP contribution is 2.27. The lowest BCUT2D eigenvalue weighted by Gasteiger charge is -2.35. The second-order valence-electron chi connectivity index (χ2n) is 7.19. The van der Waals surface area contributed by atoms with Gasteiger partial charge in [0.05, 0.1) is 11.9 Å². The number of rotatable bonds is 4. The second kappa shape index (κ2) is 7.79. The van der Waals surface area contributed by atoms with Crippen molar-refractivity contribution in [3.63, 3.8) is 0 Å². The van der Waals surface area contributed by atoms with Crippen molar-refractivity contribution >= 4 is 5.82 Å². The first-order valence-electron chi connectivity index (χ1n) is 9.44. The number of aromatic amines is 1. The highest BCUT2D eigenvalue weighted by Gasteiger charge is 2.22. The van der Waals surface area contributed by atoms with E-state index in [0.717, 1.165) is 38.4 Å². The van der Waals surface area contributed by atoms with Gasteiger partial charge in [-0.05, 0) is 25.5 Å². The number of nitrogens with one attached hydrogen (secondary N) is 1. The molecule has 1 fully saturated rings. The molecular formula is C21H23N7. The van der Waals surface area contributed by atoms with Crippen molar-refractivity contribution < 1.29 is 0 Å². The summed E-state index contributed by atoms with van der Waals surface area (Å²) in [5, 5.41) is 16.7. The average molecular weight is 373 g/mol. The number of nitriles is 1. The van der Waals surface area contributed by atoms with Crippen LogP contribution in [0, 0.1) is 25.2 Å². The minimum absolute atomic E-state index is 0.392. The molecular weight excluding hydrogens is 350 g/mol. The number of piperazine rings is 1. The Morgan fingerprint density at radius 1 is 1.11 bits per heavy atom. The minimum atomic E-state index is 0.392. The molecule has 142 valence electrons.